The average molecular weight is 254 g/mol. The van der Waals surface area contributed by atoms with Gasteiger partial charge >= 0.3 is 12.1 Å². The van der Waals surface area contributed by atoms with Gasteiger partial charge in [0.2, 0.25) is 0 Å². The molecule has 1 N–H and O–H groups in total. The van der Waals surface area contributed by atoms with Crippen LogP contribution in [0.3, 0.4) is 0 Å². The van der Waals surface area contributed by atoms with Gasteiger partial charge in [0, 0.05) is 23.0 Å². The lowest BCUT2D eigenvalue weighted by Gasteiger charge is -2.17. The van der Waals surface area contributed by atoms with Gasteiger partial charge in [0.1, 0.15) is 5.82 Å². The maximum atomic E-state index is 12.4. The molecule has 6 heteroatoms. The molecular formula is C12H9F3N2O. The van der Waals surface area contributed by atoms with Crippen molar-refractivity contribution >= 4 is 22.6 Å². The molecule has 3 rings (SSSR count). The highest BCUT2D eigenvalue weighted by atomic mass is 19.4. The van der Waals surface area contributed by atoms with Crippen molar-refractivity contribution < 1.29 is 18.0 Å². The number of nitrogens with zero attached hydrogens (tertiary/aromatic N) is 1. The second-order valence-corrected chi connectivity index (χ2v) is 4.20. The summed E-state index contributed by atoms with van der Waals surface area (Å²) in [7, 11) is 0. The Morgan fingerprint density at radius 3 is 2.72 bits per heavy atom. The predicted molar refractivity (Wildman–Crippen MR) is 60.4 cm³/mol. The number of nitrogens with one attached hydrogen (secondary N) is 1. The van der Waals surface area contributed by atoms with E-state index >= 15 is 0 Å². The monoisotopic (exact) mass is 254 g/mol. The molecule has 1 aromatic heterocycles. The van der Waals surface area contributed by atoms with E-state index in [1.54, 1.807) is 12.1 Å². The summed E-state index contributed by atoms with van der Waals surface area (Å²) in [6, 6.07) is 7.24. The van der Waals surface area contributed by atoms with Gasteiger partial charge in [-0.3, -0.25) is 9.69 Å². The fraction of sp³-hybridized carbons (Fsp3) is 0.250. The second-order valence-electron chi connectivity index (χ2n) is 4.20. The average Bonchev–Trinajstić information content (AvgIpc) is 2.84. The molecule has 0 radical (unpaired) electrons. The lowest BCUT2D eigenvalue weighted by atomic mass is 10.1. The summed E-state index contributed by atoms with van der Waals surface area (Å²) in [6.45, 7) is 0.0738. The van der Waals surface area contributed by atoms with Crippen molar-refractivity contribution in [2.75, 3.05) is 11.4 Å². The Labute approximate surface area is 100 Å². The summed E-state index contributed by atoms with van der Waals surface area (Å²) in [4.78, 5) is 14.9. The van der Waals surface area contributed by atoms with Crippen molar-refractivity contribution in [3.05, 3.63) is 29.8 Å². The molecule has 0 unspecified atom stereocenters. The van der Waals surface area contributed by atoms with Crippen molar-refractivity contribution in [1.29, 1.82) is 0 Å². The summed E-state index contributed by atoms with van der Waals surface area (Å²) in [5.41, 5.74) is 1.53. The number of alkyl halides is 3. The van der Waals surface area contributed by atoms with Crippen LogP contribution in [-0.4, -0.2) is 23.6 Å². The highest BCUT2D eigenvalue weighted by molar-refractivity contribution is 6.02. The van der Waals surface area contributed by atoms with Crippen LogP contribution in [0.15, 0.2) is 24.3 Å². The maximum absolute atomic E-state index is 12.4. The number of anilines is 1. The number of para-hydroxylation sites is 1. The van der Waals surface area contributed by atoms with Crippen LogP contribution in [0.1, 0.15) is 5.56 Å². The topological polar surface area (TPSA) is 36.1 Å². The lowest BCUT2D eigenvalue weighted by molar-refractivity contribution is -0.170. The molecule has 0 saturated carbocycles. The van der Waals surface area contributed by atoms with Crippen molar-refractivity contribution in [3.8, 4) is 0 Å². The largest absolute Gasteiger partial charge is 0.471 e. The van der Waals surface area contributed by atoms with Crippen LogP contribution >= 0.6 is 0 Å². The Hall–Kier alpha value is -1.98. The summed E-state index contributed by atoms with van der Waals surface area (Å²) in [5.74, 6) is -1.54. The third-order valence-corrected chi connectivity index (χ3v) is 3.13. The Bertz CT molecular complexity index is 630. The van der Waals surface area contributed by atoms with Gasteiger partial charge in [-0.1, -0.05) is 18.2 Å². The first-order valence-electron chi connectivity index (χ1n) is 5.47. The molecule has 0 saturated heterocycles. The number of H-pyrrole nitrogens is 1. The molecule has 2 aromatic rings. The molecule has 1 aromatic carbocycles. The van der Waals surface area contributed by atoms with Crippen LogP contribution in [0.2, 0.25) is 0 Å². The number of hydrogen-bond acceptors (Lipinski definition) is 1. The molecule has 0 fully saturated rings. The molecule has 2 heterocycles. The van der Waals surface area contributed by atoms with Gasteiger partial charge in [0.25, 0.3) is 0 Å². The maximum Gasteiger partial charge on any atom is 0.471 e. The molecule has 0 atom stereocenters. The number of fused-ring (bicyclic) bond motifs is 3. The molecular weight excluding hydrogens is 245 g/mol. The molecule has 18 heavy (non-hydrogen) atoms. The highest BCUT2D eigenvalue weighted by Gasteiger charge is 2.45. The van der Waals surface area contributed by atoms with Crippen LogP contribution in [0, 0.1) is 0 Å². The molecule has 1 aliphatic rings. The van der Waals surface area contributed by atoms with Gasteiger partial charge in [-0.15, -0.1) is 0 Å². The number of amides is 1. The zero-order chi connectivity index (χ0) is 12.9. The van der Waals surface area contributed by atoms with Crippen molar-refractivity contribution in [3.63, 3.8) is 0 Å². The van der Waals surface area contributed by atoms with Gasteiger partial charge < -0.3 is 4.98 Å². The highest BCUT2D eigenvalue weighted by Crippen LogP contribution is 2.36. The molecule has 1 aliphatic heterocycles. The zero-order valence-corrected chi connectivity index (χ0v) is 9.21. The van der Waals surface area contributed by atoms with E-state index in [9.17, 15) is 18.0 Å². The number of hydrogen-bond donors (Lipinski definition) is 1. The number of benzene rings is 1. The minimum atomic E-state index is -4.83. The predicted octanol–water partition coefficient (Wildman–Crippen LogP) is 2.62. The van der Waals surface area contributed by atoms with Crippen molar-refractivity contribution in [2.24, 2.45) is 0 Å². The van der Waals surface area contributed by atoms with E-state index in [4.69, 9.17) is 0 Å². The van der Waals surface area contributed by atoms with Crippen LogP contribution in [0.4, 0.5) is 19.0 Å². The Balaban J connectivity index is 2.09. The third-order valence-electron chi connectivity index (χ3n) is 3.13. The smallest absolute Gasteiger partial charge is 0.341 e. The molecule has 0 spiro atoms. The quantitative estimate of drug-likeness (QED) is 0.770. The van der Waals surface area contributed by atoms with E-state index in [2.05, 4.69) is 4.98 Å². The Morgan fingerprint density at radius 2 is 2.00 bits per heavy atom. The molecule has 3 nitrogen and oxygen atoms in total. The van der Waals surface area contributed by atoms with E-state index in [1.165, 1.54) is 0 Å². The summed E-state index contributed by atoms with van der Waals surface area (Å²) >= 11 is 0. The molecule has 0 aliphatic carbocycles. The third kappa shape index (κ3) is 1.48. The SMILES string of the molecule is O=C(N1CCc2c1[nH]c1ccccc21)C(F)(F)F. The van der Waals surface area contributed by atoms with Gasteiger partial charge in [-0.2, -0.15) is 13.2 Å². The van der Waals surface area contributed by atoms with E-state index in [0.717, 1.165) is 21.4 Å². The number of halogens is 3. The minimum Gasteiger partial charge on any atom is -0.341 e. The van der Waals surface area contributed by atoms with E-state index in [1.807, 2.05) is 12.1 Å². The summed E-state index contributed by atoms with van der Waals surface area (Å²) in [5, 5.41) is 0.880. The normalized spacial score (nSPS) is 15.2. The van der Waals surface area contributed by atoms with E-state index in [-0.39, 0.29) is 12.4 Å². The Kier molecular flexibility index (Phi) is 2.17. The number of carbonyl (C=O) groups excluding carboxylic acids is 1. The number of aromatic nitrogens is 1. The lowest BCUT2D eigenvalue weighted by Crippen LogP contribution is -2.40. The second kappa shape index (κ2) is 3.51. The molecule has 94 valence electrons. The van der Waals surface area contributed by atoms with Crippen molar-refractivity contribution in [1.82, 2.24) is 4.98 Å². The van der Waals surface area contributed by atoms with Crippen molar-refractivity contribution in [2.45, 2.75) is 12.6 Å². The number of aromatic amines is 1. The van der Waals surface area contributed by atoms with E-state index in [0.29, 0.717) is 6.42 Å². The van der Waals surface area contributed by atoms with Crippen LogP contribution in [0.25, 0.3) is 10.9 Å². The van der Waals surface area contributed by atoms with E-state index < -0.39 is 12.1 Å². The summed E-state index contributed by atoms with van der Waals surface area (Å²) < 4.78 is 37.3. The number of rotatable bonds is 0. The number of carbonyl (C=O) groups is 1. The van der Waals surface area contributed by atoms with Gasteiger partial charge in [0.05, 0.1) is 0 Å². The molecule has 1 amide bonds. The first-order valence-corrected chi connectivity index (χ1v) is 5.47. The fourth-order valence-corrected chi connectivity index (χ4v) is 2.36. The summed E-state index contributed by atoms with van der Waals surface area (Å²) in [6.07, 6.45) is -4.39. The van der Waals surface area contributed by atoms with Crippen LogP contribution in [0.5, 0.6) is 0 Å². The minimum absolute atomic E-state index is 0.0738. The van der Waals surface area contributed by atoms with Gasteiger partial charge in [-0.05, 0) is 12.5 Å². The standard InChI is InChI=1S/C12H9F3N2O/c13-12(14,15)11(18)17-6-5-8-7-3-1-2-4-9(7)16-10(8)17/h1-4,16H,5-6H2. The van der Waals surface area contributed by atoms with Gasteiger partial charge in [-0.25, -0.2) is 0 Å². The van der Waals surface area contributed by atoms with Gasteiger partial charge in [0.15, 0.2) is 0 Å². The van der Waals surface area contributed by atoms with Crippen LogP contribution < -0.4 is 4.90 Å². The zero-order valence-electron chi connectivity index (χ0n) is 9.21. The molecule has 0 bridgehead atoms. The van der Waals surface area contributed by atoms with Crippen LogP contribution in [-0.2, 0) is 11.2 Å². The fourth-order valence-electron chi connectivity index (χ4n) is 2.36. The Morgan fingerprint density at radius 1 is 1.28 bits per heavy atom. The first kappa shape index (κ1) is 11.1. The first-order chi connectivity index (χ1) is 8.48.